The van der Waals surface area contributed by atoms with Gasteiger partial charge in [0.15, 0.2) is 6.29 Å². The van der Waals surface area contributed by atoms with Crippen molar-refractivity contribution in [3.63, 3.8) is 0 Å². The summed E-state index contributed by atoms with van der Waals surface area (Å²) in [6, 6.07) is 7.39. The molecule has 1 aromatic rings. The smallest absolute Gasteiger partial charge is 0.321 e. The van der Waals surface area contributed by atoms with Crippen molar-refractivity contribution in [3.05, 3.63) is 35.4 Å². The SMILES string of the molecule is CCOC(OCC)c1ccc(C2CCN[C@@H]2C(=O)O)cc1. The van der Waals surface area contributed by atoms with Crippen molar-refractivity contribution in [1.82, 2.24) is 5.32 Å². The van der Waals surface area contributed by atoms with Crippen molar-refractivity contribution >= 4 is 5.97 Å². The van der Waals surface area contributed by atoms with Gasteiger partial charge in [0.2, 0.25) is 0 Å². The summed E-state index contributed by atoms with van der Waals surface area (Å²) in [7, 11) is 0. The van der Waals surface area contributed by atoms with E-state index in [9.17, 15) is 9.90 Å². The number of rotatable bonds is 7. The average molecular weight is 293 g/mol. The molecule has 5 heteroatoms. The van der Waals surface area contributed by atoms with E-state index in [2.05, 4.69) is 5.32 Å². The molecule has 1 fully saturated rings. The van der Waals surface area contributed by atoms with Crippen LogP contribution in [0.4, 0.5) is 0 Å². The minimum Gasteiger partial charge on any atom is -0.480 e. The number of hydrogen-bond acceptors (Lipinski definition) is 4. The Labute approximate surface area is 125 Å². The van der Waals surface area contributed by atoms with Gasteiger partial charge in [-0.2, -0.15) is 0 Å². The maximum absolute atomic E-state index is 11.2. The number of carboxylic acid groups (broad SMARTS) is 1. The fraction of sp³-hybridized carbons (Fsp3) is 0.562. The molecule has 2 atom stereocenters. The molecule has 1 aromatic carbocycles. The third-order valence-electron chi connectivity index (χ3n) is 3.76. The Hall–Kier alpha value is -1.43. The van der Waals surface area contributed by atoms with E-state index >= 15 is 0 Å². The van der Waals surface area contributed by atoms with Crippen LogP contribution in [0.1, 0.15) is 43.6 Å². The molecule has 0 bridgehead atoms. The number of carbonyl (C=O) groups is 1. The van der Waals surface area contributed by atoms with E-state index < -0.39 is 12.0 Å². The lowest BCUT2D eigenvalue weighted by Gasteiger charge is -2.19. The fourth-order valence-corrected chi connectivity index (χ4v) is 2.77. The van der Waals surface area contributed by atoms with Crippen molar-refractivity contribution in [3.8, 4) is 0 Å². The van der Waals surface area contributed by atoms with Crippen molar-refractivity contribution in [1.29, 1.82) is 0 Å². The molecule has 0 radical (unpaired) electrons. The van der Waals surface area contributed by atoms with Crippen LogP contribution in [0.2, 0.25) is 0 Å². The molecule has 0 aromatic heterocycles. The predicted octanol–water partition coefficient (Wildman–Crippen LogP) is 2.29. The first-order valence-corrected chi connectivity index (χ1v) is 7.46. The third kappa shape index (κ3) is 3.81. The first-order valence-electron chi connectivity index (χ1n) is 7.46. The van der Waals surface area contributed by atoms with Crippen molar-refractivity contribution in [2.45, 2.75) is 38.5 Å². The van der Waals surface area contributed by atoms with Gasteiger partial charge in [0.1, 0.15) is 6.04 Å². The second-order valence-electron chi connectivity index (χ2n) is 5.07. The number of benzene rings is 1. The van der Waals surface area contributed by atoms with Gasteiger partial charge in [0.05, 0.1) is 0 Å². The molecule has 1 saturated heterocycles. The highest BCUT2D eigenvalue weighted by atomic mass is 16.7. The Morgan fingerprint density at radius 3 is 2.43 bits per heavy atom. The minimum absolute atomic E-state index is 0.0224. The van der Waals surface area contributed by atoms with Crippen LogP contribution < -0.4 is 5.32 Å². The van der Waals surface area contributed by atoms with E-state index in [-0.39, 0.29) is 12.2 Å². The van der Waals surface area contributed by atoms with Crippen LogP contribution in [-0.4, -0.2) is 36.9 Å². The van der Waals surface area contributed by atoms with Gasteiger partial charge in [0.25, 0.3) is 0 Å². The van der Waals surface area contributed by atoms with E-state index in [4.69, 9.17) is 9.47 Å². The summed E-state index contributed by atoms with van der Waals surface area (Å²) < 4.78 is 11.1. The van der Waals surface area contributed by atoms with E-state index in [1.165, 1.54) is 0 Å². The first-order chi connectivity index (χ1) is 10.2. The van der Waals surface area contributed by atoms with Crippen molar-refractivity contribution in [2.75, 3.05) is 19.8 Å². The molecule has 0 spiro atoms. The molecule has 2 rings (SSSR count). The van der Waals surface area contributed by atoms with Crippen LogP contribution in [-0.2, 0) is 14.3 Å². The molecule has 0 saturated carbocycles. The summed E-state index contributed by atoms with van der Waals surface area (Å²) in [5.74, 6) is -0.766. The van der Waals surface area contributed by atoms with Crippen molar-refractivity contribution < 1.29 is 19.4 Å². The Kier molecular flexibility index (Phi) is 5.73. The van der Waals surface area contributed by atoms with Gasteiger partial charge in [0, 0.05) is 24.7 Å². The van der Waals surface area contributed by atoms with E-state index in [0.29, 0.717) is 13.2 Å². The summed E-state index contributed by atoms with van der Waals surface area (Å²) in [6.45, 7) is 5.77. The minimum atomic E-state index is -0.789. The number of carboxylic acids is 1. The summed E-state index contributed by atoms with van der Waals surface area (Å²) in [5.41, 5.74) is 2.00. The normalized spacial score (nSPS) is 21.9. The van der Waals surface area contributed by atoms with Gasteiger partial charge in [-0.1, -0.05) is 24.3 Å². The standard InChI is InChI=1S/C16H23NO4/c1-3-20-16(21-4-2)12-7-5-11(6-8-12)13-9-10-17-14(13)15(18)19/h5-8,13-14,16-17H,3-4,9-10H2,1-2H3,(H,18,19)/t13?,14-/m0/s1. The maximum Gasteiger partial charge on any atom is 0.321 e. The van der Waals surface area contributed by atoms with Gasteiger partial charge in [-0.3, -0.25) is 4.79 Å². The number of aliphatic carboxylic acids is 1. The van der Waals surface area contributed by atoms with Crippen LogP contribution in [0, 0.1) is 0 Å². The van der Waals surface area contributed by atoms with Gasteiger partial charge in [-0.25, -0.2) is 0 Å². The Morgan fingerprint density at radius 1 is 1.29 bits per heavy atom. The molecule has 1 heterocycles. The molecule has 0 amide bonds. The van der Waals surface area contributed by atoms with Gasteiger partial charge in [-0.05, 0) is 32.4 Å². The molecule has 21 heavy (non-hydrogen) atoms. The molecule has 116 valence electrons. The van der Waals surface area contributed by atoms with Crippen LogP contribution >= 0.6 is 0 Å². The van der Waals surface area contributed by atoms with E-state index in [0.717, 1.165) is 24.1 Å². The molecule has 2 N–H and O–H groups in total. The molecular weight excluding hydrogens is 270 g/mol. The Morgan fingerprint density at radius 2 is 1.90 bits per heavy atom. The average Bonchev–Trinajstić information content (AvgIpc) is 2.97. The fourth-order valence-electron chi connectivity index (χ4n) is 2.77. The van der Waals surface area contributed by atoms with Gasteiger partial charge < -0.3 is 19.9 Å². The summed E-state index contributed by atoms with van der Waals surface area (Å²) in [6.07, 6.45) is 0.488. The lowest BCUT2D eigenvalue weighted by Crippen LogP contribution is -2.34. The highest BCUT2D eigenvalue weighted by Gasteiger charge is 2.33. The number of nitrogens with one attached hydrogen (secondary N) is 1. The monoisotopic (exact) mass is 293 g/mol. The number of hydrogen-bond donors (Lipinski definition) is 2. The Bertz CT molecular complexity index is 454. The zero-order valence-electron chi connectivity index (χ0n) is 12.5. The van der Waals surface area contributed by atoms with Gasteiger partial charge in [-0.15, -0.1) is 0 Å². The summed E-state index contributed by atoms with van der Waals surface area (Å²) in [4.78, 5) is 11.2. The van der Waals surface area contributed by atoms with Crippen LogP contribution in [0.15, 0.2) is 24.3 Å². The first kappa shape index (κ1) is 15.9. The lowest BCUT2D eigenvalue weighted by atomic mass is 9.91. The molecule has 1 unspecified atom stereocenters. The molecule has 1 aliphatic rings. The zero-order chi connectivity index (χ0) is 15.2. The second-order valence-corrected chi connectivity index (χ2v) is 5.07. The van der Waals surface area contributed by atoms with Crippen LogP contribution in [0.3, 0.4) is 0 Å². The highest BCUT2D eigenvalue weighted by molar-refractivity contribution is 5.75. The van der Waals surface area contributed by atoms with E-state index in [1.807, 2.05) is 38.1 Å². The molecular formula is C16H23NO4. The lowest BCUT2D eigenvalue weighted by molar-refractivity contribution is -0.140. The summed E-state index contributed by atoms with van der Waals surface area (Å²) >= 11 is 0. The quantitative estimate of drug-likeness (QED) is 0.755. The largest absolute Gasteiger partial charge is 0.480 e. The van der Waals surface area contributed by atoms with E-state index in [1.54, 1.807) is 0 Å². The number of ether oxygens (including phenoxy) is 2. The molecule has 1 aliphatic heterocycles. The highest BCUT2D eigenvalue weighted by Crippen LogP contribution is 2.29. The van der Waals surface area contributed by atoms with Crippen LogP contribution in [0.25, 0.3) is 0 Å². The molecule has 0 aliphatic carbocycles. The summed E-state index contributed by atoms with van der Waals surface area (Å²) in [5, 5.41) is 12.3. The van der Waals surface area contributed by atoms with Crippen LogP contribution in [0.5, 0.6) is 0 Å². The zero-order valence-corrected chi connectivity index (χ0v) is 12.5. The predicted molar refractivity (Wildman–Crippen MR) is 79.2 cm³/mol. The topological polar surface area (TPSA) is 67.8 Å². The van der Waals surface area contributed by atoms with Crippen molar-refractivity contribution in [2.24, 2.45) is 0 Å². The molecule has 5 nitrogen and oxygen atoms in total. The Balaban J connectivity index is 2.12. The second kappa shape index (κ2) is 7.54. The maximum atomic E-state index is 11.2. The third-order valence-corrected chi connectivity index (χ3v) is 3.76. The van der Waals surface area contributed by atoms with Gasteiger partial charge >= 0.3 is 5.97 Å².